The van der Waals surface area contributed by atoms with E-state index in [1.807, 2.05) is 0 Å². The first-order valence-electron chi connectivity index (χ1n) is 10.2. The van der Waals surface area contributed by atoms with Crippen molar-refractivity contribution in [3.8, 4) is 0 Å². The lowest BCUT2D eigenvalue weighted by Gasteiger charge is -2.65. The van der Waals surface area contributed by atoms with Crippen LogP contribution in [-0.4, -0.2) is 23.8 Å². The number of rotatable bonds is 2. The van der Waals surface area contributed by atoms with Gasteiger partial charge in [-0.2, -0.15) is 0 Å². The monoisotopic (exact) mass is 346 g/mol. The van der Waals surface area contributed by atoms with Gasteiger partial charge in [0.25, 0.3) is 0 Å². The average molecular weight is 347 g/mol. The molecule has 2 bridgehead atoms. The Morgan fingerprint density at radius 2 is 1.96 bits per heavy atom. The summed E-state index contributed by atoms with van der Waals surface area (Å²) in [7, 11) is 0. The van der Waals surface area contributed by atoms with E-state index in [4.69, 9.17) is 4.74 Å². The van der Waals surface area contributed by atoms with Gasteiger partial charge in [0.2, 0.25) is 0 Å². The molecule has 0 radical (unpaired) electrons. The van der Waals surface area contributed by atoms with E-state index in [0.717, 1.165) is 31.1 Å². The Balaban J connectivity index is 1.69. The normalized spacial score (nSPS) is 51.6. The summed E-state index contributed by atoms with van der Waals surface area (Å²) in [5, 5.41) is 10.3. The first-order valence-corrected chi connectivity index (χ1v) is 10.2. The van der Waals surface area contributed by atoms with Crippen LogP contribution in [-0.2, 0) is 9.53 Å². The minimum absolute atomic E-state index is 0.111. The Bertz CT molecular complexity index is 598. The Kier molecular flexibility index (Phi) is 3.92. The fraction of sp³-hybridized carbons (Fsp3) is 0.864. The number of ether oxygens (including phenoxy) is 1. The molecular formula is C22H34O3. The molecule has 4 fully saturated rings. The molecule has 0 unspecified atom stereocenters. The van der Waals surface area contributed by atoms with Crippen LogP contribution in [0.25, 0.3) is 0 Å². The highest BCUT2D eigenvalue weighted by Crippen LogP contribution is 2.72. The minimum Gasteiger partial charge on any atom is -0.462 e. The Labute approximate surface area is 152 Å². The van der Waals surface area contributed by atoms with E-state index in [9.17, 15) is 9.90 Å². The van der Waals surface area contributed by atoms with Gasteiger partial charge in [0, 0.05) is 12.3 Å². The van der Waals surface area contributed by atoms with E-state index in [0.29, 0.717) is 11.3 Å². The highest BCUT2D eigenvalue weighted by atomic mass is 16.5. The van der Waals surface area contributed by atoms with Gasteiger partial charge in [-0.05, 0) is 80.0 Å². The van der Waals surface area contributed by atoms with Gasteiger partial charge in [-0.15, -0.1) is 0 Å². The third-order valence-corrected chi connectivity index (χ3v) is 9.00. The van der Waals surface area contributed by atoms with E-state index < -0.39 is 0 Å². The summed E-state index contributed by atoms with van der Waals surface area (Å²) in [5.74, 6) is 1.72. The van der Waals surface area contributed by atoms with Crippen molar-refractivity contribution in [2.75, 3.05) is 6.61 Å². The molecule has 4 rings (SSSR count). The number of hydrogen-bond donors (Lipinski definition) is 1. The lowest BCUT2D eigenvalue weighted by molar-refractivity contribution is -0.210. The summed E-state index contributed by atoms with van der Waals surface area (Å²) in [4.78, 5) is 11.6. The van der Waals surface area contributed by atoms with Gasteiger partial charge in [0.1, 0.15) is 6.10 Å². The summed E-state index contributed by atoms with van der Waals surface area (Å²) in [6.07, 6.45) is 9.48. The summed E-state index contributed by atoms with van der Waals surface area (Å²) in [6, 6.07) is 0. The molecule has 4 aliphatic rings. The molecule has 1 N–H and O–H groups in total. The lowest BCUT2D eigenvalue weighted by Crippen LogP contribution is -2.61. The van der Waals surface area contributed by atoms with Gasteiger partial charge in [0.15, 0.2) is 0 Å². The van der Waals surface area contributed by atoms with Gasteiger partial charge in [-0.1, -0.05) is 26.0 Å². The van der Waals surface area contributed by atoms with Gasteiger partial charge in [-0.3, -0.25) is 4.79 Å². The molecular weight excluding hydrogens is 312 g/mol. The van der Waals surface area contributed by atoms with Crippen molar-refractivity contribution < 1.29 is 14.6 Å². The Morgan fingerprint density at radius 1 is 1.20 bits per heavy atom. The second-order valence-electron chi connectivity index (χ2n) is 10.1. The third-order valence-electron chi connectivity index (χ3n) is 9.00. The maximum Gasteiger partial charge on any atom is 0.302 e. The van der Waals surface area contributed by atoms with E-state index in [-0.39, 0.29) is 29.5 Å². The highest BCUT2D eigenvalue weighted by molar-refractivity contribution is 5.66. The maximum atomic E-state index is 11.6. The number of allylic oxidation sites excluding steroid dienone is 1. The largest absolute Gasteiger partial charge is 0.462 e. The summed E-state index contributed by atoms with van der Waals surface area (Å²) in [6.45, 7) is 10.7. The van der Waals surface area contributed by atoms with Gasteiger partial charge >= 0.3 is 5.97 Å². The van der Waals surface area contributed by atoms with Crippen molar-refractivity contribution in [3.63, 3.8) is 0 Å². The molecule has 3 nitrogen and oxygen atoms in total. The molecule has 3 heteroatoms. The van der Waals surface area contributed by atoms with Crippen LogP contribution in [0.3, 0.4) is 0 Å². The molecule has 0 aromatic carbocycles. The van der Waals surface area contributed by atoms with Gasteiger partial charge < -0.3 is 9.84 Å². The van der Waals surface area contributed by atoms with Crippen molar-refractivity contribution in [1.82, 2.24) is 0 Å². The molecule has 0 amide bonds. The zero-order valence-corrected chi connectivity index (χ0v) is 16.1. The van der Waals surface area contributed by atoms with E-state index >= 15 is 0 Å². The fourth-order valence-electron chi connectivity index (χ4n) is 7.98. The van der Waals surface area contributed by atoms with Crippen molar-refractivity contribution in [2.45, 2.75) is 78.2 Å². The second-order valence-corrected chi connectivity index (χ2v) is 10.1. The molecule has 4 aliphatic carbocycles. The van der Waals surface area contributed by atoms with Gasteiger partial charge in [-0.25, -0.2) is 0 Å². The predicted molar refractivity (Wildman–Crippen MR) is 97.8 cm³/mol. The molecule has 1 spiro atoms. The first kappa shape index (κ1) is 17.6. The van der Waals surface area contributed by atoms with Crippen LogP contribution in [0.5, 0.6) is 0 Å². The molecule has 0 aromatic rings. The summed E-state index contributed by atoms with van der Waals surface area (Å²) in [5.41, 5.74) is 1.91. The minimum atomic E-state index is -0.313. The van der Waals surface area contributed by atoms with Crippen LogP contribution in [0.15, 0.2) is 12.2 Å². The fourth-order valence-corrected chi connectivity index (χ4v) is 7.98. The maximum absolute atomic E-state index is 11.6. The number of aliphatic hydroxyl groups is 1. The number of hydrogen-bond acceptors (Lipinski definition) is 3. The van der Waals surface area contributed by atoms with E-state index in [2.05, 4.69) is 20.4 Å². The highest BCUT2D eigenvalue weighted by Gasteiger charge is 2.65. The van der Waals surface area contributed by atoms with E-state index in [1.54, 1.807) is 0 Å². The van der Waals surface area contributed by atoms with Gasteiger partial charge in [0.05, 0.1) is 6.61 Å². The number of carbonyl (C=O) groups excluding carboxylic acids is 1. The molecule has 25 heavy (non-hydrogen) atoms. The van der Waals surface area contributed by atoms with E-state index in [1.165, 1.54) is 44.6 Å². The van der Waals surface area contributed by atoms with Crippen LogP contribution in [0.1, 0.15) is 72.1 Å². The number of esters is 1. The molecule has 0 heterocycles. The zero-order chi connectivity index (χ0) is 18.0. The standard InChI is InChI=1S/C22H34O3/c1-14-11-22-10-7-17-20(3,18(22)6-5-16(14)12-22)9-8-19(25-15(2)24)21(17,4)13-23/h16-19,23H,1,5-13H2,2-4H3/t16-,17+,18+,19-,20-,21+,22-/m1/s1. The number of carbonyl (C=O) groups is 1. The van der Waals surface area contributed by atoms with Crippen LogP contribution in [0.4, 0.5) is 0 Å². The predicted octanol–water partition coefficient (Wildman–Crippen LogP) is 4.49. The Morgan fingerprint density at radius 3 is 2.64 bits per heavy atom. The molecule has 0 aliphatic heterocycles. The Hall–Kier alpha value is -0.830. The molecule has 4 saturated carbocycles. The van der Waals surface area contributed by atoms with Crippen LogP contribution in [0, 0.1) is 34.0 Å². The smallest absolute Gasteiger partial charge is 0.302 e. The van der Waals surface area contributed by atoms with Crippen molar-refractivity contribution in [3.05, 3.63) is 12.2 Å². The zero-order valence-electron chi connectivity index (χ0n) is 16.1. The van der Waals surface area contributed by atoms with Crippen molar-refractivity contribution >= 4 is 5.97 Å². The molecule has 0 aromatic heterocycles. The number of aliphatic hydroxyl groups excluding tert-OH is 1. The average Bonchev–Trinajstić information content (AvgIpc) is 2.79. The summed E-state index contributed by atoms with van der Waals surface area (Å²) >= 11 is 0. The number of fused-ring (bicyclic) bond motifs is 3. The SMILES string of the molecule is C=C1C[C@@]23CC[C@@H]4[C@](C)(CO)[C@H](OC(C)=O)CC[C@@]4(C)[C@@H]2CC[C@@H]1C3. The summed E-state index contributed by atoms with van der Waals surface area (Å²) < 4.78 is 5.69. The van der Waals surface area contributed by atoms with Crippen molar-refractivity contribution in [1.29, 1.82) is 0 Å². The molecule has 0 saturated heterocycles. The third kappa shape index (κ3) is 2.30. The van der Waals surface area contributed by atoms with Crippen molar-refractivity contribution in [2.24, 2.45) is 34.0 Å². The molecule has 140 valence electrons. The second kappa shape index (κ2) is 5.58. The van der Waals surface area contributed by atoms with Crippen LogP contribution >= 0.6 is 0 Å². The van der Waals surface area contributed by atoms with Crippen LogP contribution < -0.4 is 0 Å². The first-order chi connectivity index (χ1) is 11.7. The lowest BCUT2D eigenvalue weighted by atomic mass is 9.40. The topological polar surface area (TPSA) is 46.5 Å². The molecule has 7 atom stereocenters. The quantitative estimate of drug-likeness (QED) is 0.592. The van der Waals surface area contributed by atoms with Crippen LogP contribution in [0.2, 0.25) is 0 Å².